The van der Waals surface area contributed by atoms with E-state index in [0.29, 0.717) is 81.9 Å². The molecule has 10 nitrogen and oxygen atoms in total. The molecule has 18 heteroatoms. The van der Waals surface area contributed by atoms with Crippen molar-refractivity contribution in [1.82, 2.24) is 30.0 Å². The van der Waals surface area contributed by atoms with Gasteiger partial charge in [-0.25, -0.2) is 13.8 Å². The minimum Gasteiger partial charge on any atom is -0.368 e. The fourth-order valence-corrected chi connectivity index (χ4v) is 9.96. The van der Waals surface area contributed by atoms with E-state index < -0.39 is 71.0 Å². The van der Waals surface area contributed by atoms with E-state index in [1.54, 1.807) is 18.5 Å². The number of anilines is 2. The molecule has 0 spiro atoms. The first-order chi connectivity index (χ1) is 28.7. The number of pyridine rings is 2. The molecule has 0 unspecified atom stereocenters. The molecule has 1 aliphatic heterocycles. The third-order valence-corrected chi connectivity index (χ3v) is 12.9. The first-order valence-electron chi connectivity index (χ1n) is 19.4. The fourth-order valence-electron chi connectivity index (χ4n) is 8.96. The van der Waals surface area contributed by atoms with Gasteiger partial charge in [0.25, 0.3) is 5.92 Å². The standard InChI is InChI=1S/C42H33F7N8O2S/c43-24-13-21(14-25(44)17-24)15-31(51-34(59)20-57-38-35(37(54-57)42(47,48)49)29-18-30(29)41(38,45)46)36-28(23-2-1-22-3-4-32(58)27(22)16-23)19-33-39(52-36)53-40(60-33)56-11-9-55(10-12-56)26-5-7-50-8-6-26/h1-2,5-8,13-14,16-17,19,29-31H,3-4,9-12,15,18,20H2,(H,51,59)/t29-,30+,31+/m0/s1. The molecule has 1 N–H and O–H groups in total. The molecule has 308 valence electrons. The maximum atomic E-state index is 15.4. The van der Waals surface area contributed by atoms with E-state index in [4.69, 9.17) is 9.97 Å². The number of benzene rings is 2. The summed E-state index contributed by atoms with van der Waals surface area (Å²) in [5.41, 5.74) is 1.06. The van der Waals surface area contributed by atoms with Crippen LogP contribution in [0.2, 0.25) is 0 Å². The summed E-state index contributed by atoms with van der Waals surface area (Å²) in [5.74, 6) is -8.77. The second kappa shape index (κ2) is 14.1. The number of aryl methyl sites for hydroxylation is 1. The molecular weight excluding hydrogens is 814 g/mol. The molecule has 2 fully saturated rings. The highest BCUT2D eigenvalue weighted by Crippen LogP contribution is 2.68. The molecule has 6 aromatic rings. The van der Waals surface area contributed by atoms with Crippen LogP contribution < -0.4 is 15.1 Å². The summed E-state index contributed by atoms with van der Waals surface area (Å²) in [6.45, 7) is 1.71. The summed E-state index contributed by atoms with van der Waals surface area (Å²) in [7, 11) is 0. The lowest BCUT2D eigenvalue weighted by Gasteiger charge is -2.35. The van der Waals surface area contributed by atoms with Gasteiger partial charge in [0.1, 0.15) is 23.9 Å². The Hall–Kier alpha value is -5.91. The van der Waals surface area contributed by atoms with Crippen molar-refractivity contribution in [2.24, 2.45) is 5.92 Å². The monoisotopic (exact) mass is 846 g/mol. The number of ketones is 1. The number of aromatic nitrogens is 5. The van der Waals surface area contributed by atoms with Crippen LogP contribution in [0.15, 0.2) is 67.0 Å². The van der Waals surface area contributed by atoms with E-state index in [1.807, 2.05) is 30.3 Å². The van der Waals surface area contributed by atoms with Crippen molar-refractivity contribution in [2.45, 2.75) is 56.3 Å². The molecule has 2 aromatic carbocycles. The summed E-state index contributed by atoms with van der Waals surface area (Å²) >= 11 is 1.39. The zero-order valence-electron chi connectivity index (χ0n) is 31.4. The Labute approximate surface area is 341 Å². The van der Waals surface area contributed by atoms with Crippen LogP contribution in [0.25, 0.3) is 21.5 Å². The summed E-state index contributed by atoms with van der Waals surface area (Å²) in [5, 5.41) is 6.92. The van der Waals surface area contributed by atoms with Gasteiger partial charge >= 0.3 is 6.18 Å². The topological polar surface area (TPSA) is 109 Å². The Morgan fingerprint density at radius 1 is 0.917 bits per heavy atom. The largest absolute Gasteiger partial charge is 0.435 e. The zero-order chi connectivity index (χ0) is 41.7. The van der Waals surface area contributed by atoms with Crippen molar-refractivity contribution in [2.75, 3.05) is 36.0 Å². The van der Waals surface area contributed by atoms with Gasteiger partial charge in [0, 0.05) is 79.4 Å². The molecule has 10 rings (SSSR count). The average molecular weight is 847 g/mol. The molecule has 4 aromatic heterocycles. The van der Waals surface area contributed by atoms with Gasteiger partial charge < -0.3 is 15.1 Å². The summed E-state index contributed by atoms with van der Waals surface area (Å²) in [6, 6.07) is 12.7. The van der Waals surface area contributed by atoms with Crippen LogP contribution in [0, 0.1) is 17.6 Å². The SMILES string of the molecule is O=C(Cn1nc(C(F)(F)F)c2c1C(F)(F)[C@@H]1C[C@H]21)N[C@H](Cc1cc(F)cc(F)c1)c1nc2nc(N3CCN(c4ccncc4)CC3)sc2cc1-c1ccc2c(c1)C(=O)CC2. The molecule has 5 heterocycles. The Bertz CT molecular complexity index is 2690. The maximum Gasteiger partial charge on any atom is 0.435 e. The first kappa shape index (κ1) is 38.3. The minimum atomic E-state index is -5.03. The molecule has 1 saturated heterocycles. The van der Waals surface area contributed by atoms with Crippen LogP contribution in [0.5, 0.6) is 0 Å². The van der Waals surface area contributed by atoms with Crippen molar-refractivity contribution in [3.8, 4) is 11.1 Å². The molecule has 1 saturated carbocycles. The average Bonchev–Trinajstić information content (AvgIpc) is 3.44. The van der Waals surface area contributed by atoms with Crippen molar-refractivity contribution in [1.29, 1.82) is 0 Å². The van der Waals surface area contributed by atoms with Crippen LogP contribution in [0.4, 0.5) is 41.6 Å². The molecule has 3 atom stereocenters. The predicted octanol–water partition coefficient (Wildman–Crippen LogP) is 8.01. The number of piperazine rings is 1. The number of nitrogens with one attached hydrogen (secondary N) is 1. The number of Topliss-reactive ketones (excluding diaryl/α,β-unsaturated/α-hetero) is 1. The number of halogens is 7. The zero-order valence-corrected chi connectivity index (χ0v) is 32.3. The number of nitrogens with zero attached hydrogens (tertiary/aromatic N) is 7. The molecule has 0 radical (unpaired) electrons. The number of hydrogen-bond acceptors (Lipinski definition) is 9. The normalized spacial score (nSPS) is 19.7. The molecule has 1 amide bonds. The lowest BCUT2D eigenvalue weighted by molar-refractivity contribution is -0.142. The highest BCUT2D eigenvalue weighted by molar-refractivity contribution is 7.22. The molecular formula is C42H33F7N8O2S. The molecule has 4 aliphatic rings. The van der Waals surface area contributed by atoms with Crippen molar-refractivity contribution in [3.05, 3.63) is 118 Å². The van der Waals surface area contributed by atoms with Crippen LogP contribution in [-0.4, -0.2) is 62.6 Å². The number of carbonyl (C=O) groups is 2. The van der Waals surface area contributed by atoms with Gasteiger partial charge in [0.2, 0.25) is 5.91 Å². The van der Waals surface area contributed by atoms with Crippen LogP contribution in [0.3, 0.4) is 0 Å². The lowest BCUT2D eigenvalue weighted by atomic mass is 9.93. The van der Waals surface area contributed by atoms with Crippen LogP contribution in [-0.2, 0) is 36.3 Å². The van der Waals surface area contributed by atoms with Gasteiger partial charge in [-0.3, -0.25) is 19.3 Å². The van der Waals surface area contributed by atoms with E-state index in [1.165, 1.54) is 11.3 Å². The molecule has 60 heavy (non-hydrogen) atoms. The Morgan fingerprint density at radius 3 is 2.38 bits per heavy atom. The first-order valence-corrected chi connectivity index (χ1v) is 20.2. The quantitative estimate of drug-likeness (QED) is 0.146. The Balaban J connectivity index is 1.04. The number of thiazole rings is 1. The lowest BCUT2D eigenvalue weighted by Crippen LogP contribution is -2.46. The molecule has 3 aliphatic carbocycles. The smallest absolute Gasteiger partial charge is 0.368 e. The number of carbonyl (C=O) groups excluding carboxylic acids is 2. The Kier molecular flexibility index (Phi) is 9.00. The van der Waals surface area contributed by atoms with Gasteiger partial charge in [0.15, 0.2) is 22.3 Å². The van der Waals surface area contributed by atoms with Crippen molar-refractivity contribution >= 4 is 44.2 Å². The number of alkyl halides is 5. The number of rotatable bonds is 9. The van der Waals surface area contributed by atoms with Crippen molar-refractivity contribution < 1.29 is 40.3 Å². The fraction of sp³-hybridized carbons (Fsp3) is 0.333. The Morgan fingerprint density at radius 2 is 1.65 bits per heavy atom. The van der Waals surface area contributed by atoms with Gasteiger partial charge in [-0.2, -0.15) is 32.0 Å². The summed E-state index contributed by atoms with van der Waals surface area (Å²) < 4.78 is 103. The third-order valence-electron chi connectivity index (χ3n) is 11.8. The van der Waals surface area contributed by atoms with E-state index >= 15 is 8.78 Å². The maximum absolute atomic E-state index is 15.4. The highest BCUT2D eigenvalue weighted by Gasteiger charge is 2.68. The number of hydrogen-bond donors (Lipinski definition) is 1. The van der Waals surface area contributed by atoms with Crippen LogP contribution >= 0.6 is 11.3 Å². The highest BCUT2D eigenvalue weighted by atomic mass is 32.1. The number of fused-ring (bicyclic) bond motifs is 5. The van der Waals surface area contributed by atoms with Gasteiger partial charge in [0.05, 0.1) is 16.4 Å². The van der Waals surface area contributed by atoms with E-state index in [0.717, 1.165) is 23.4 Å². The summed E-state index contributed by atoms with van der Waals surface area (Å²) in [6.07, 6.45) is -1.03. The van der Waals surface area contributed by atoms with Crippen molar-refractivity contribution in [3.63, 3.8) is 0 Å². The second-order valence-electron chi connectivity index (χ2n) is 15.7. The van der Waals surface area contributed by atoms with E-state index in [2.05, 4.69) is 25.2 Å². The van der Waals surface area contributed by atoms with E-state index in [9.17, 15) is 31.5 Å². The van der Waals surface area contributed by atoms with Gasteiger partial charge in [-0.05, 0) is 78.3 Å². The number of amides is 1. The van der Waals surface area contributed by atoms with Crippen LogP contribution in [0.1, 0.15) is 68.9 Å². The molecule has 0 bridgehead atoms. The second-order valence-corrected chi connectivity index (χ2v) is 16.7. The van der Waals surface area contributed by atoms with Gasteiger partial charge in [-0.1, -0.05) is 23.5 Å². The van der Waals surface area contributed by atoms with E-state index in [-0.39, 0.29) is 29.9 Å². The summed E-state index contributed by atoms with van der Waals surface area (Å²) in [4.78, 5) is 45.2. The third kappa shape index (κ3) is 6.73. The van der Waals surface area contributed by atoms with Gasteiger partial charge in [-0.15, -0.1) is 0 Å². The predicted molar refractivity (Wildman–Crippen MR) is 207 cm³/mol. The minimum absolute atomic E-state index is 0.0482.